The lowest BCUT2D eigenvalue weighted by Gasteiger charge is -2.17. The average Bonchev–Trinajstić information content (AvgIpc) is 2.29. The first-order valence-corrected chi connectivity index (χ1v) is 6.09. The van der Waals surface area contributed by atoms with Crippen LogP contribution in [0.3, 0.4) is 0 Å². The molecule has 0 spiro atoms. The average molecular weight is 221 g/mol. The van der Waals surface area contributed by atoms with Gasteiger partial charge in [0, 0.05) is 11.6 Å². The van der Waals surface area contributed by atoms with Gasteiger partial charge in [0.15, 0.2) is 0 Å². The Morgan fingerprint density at radius 2 is 2.19 bits per heavy atom. The quantitative estimate of drug-likeness (QED) is 0.819. The fourth-order valence-electron chi connectivity index (χ4n) is 2.01. The molecule has 0 aliphatic heterocycles. The van der Waals surface area contributed by atoms with Crippen LogP contribution in [0.1, 0.15) is 44.4 Å². The van der Waals surface area contributed by atoms with Crippen LogP contribution in [0.4, 0.5) is 5.95 Å². The van der Waals surface area contributed by atoms with Gasteiger partial charge in [-0.2, -0.15) is 0 Å². The molecule has 1 aromatic heterocycles. The number of aromatic amines is 1. The van der Waals surface area contributed by atoms with Crippen molar-refractivity contribution in [3.8, 4) is 0 Å². The van der Waals surface area contributed by atoms with E-state index in [-0.39, 0.29) is 5.56 Å². The molecule has 16 heavy (non-hydrogen) atoms. The molecule has 88 valence electrons. The highest BCUT2D eigenvalue weighted by atomic mass is 16.1. The molecule has 0 radical (unpaired) electrons. The second-order valence-corrected chi connectivity index (χ2v) is 4.50. The minimum Gasteiger partial charge on any atom is -0.353 e. The normalized spacial score (nSPS) is 16.6. The lowest BCUT2D eigenvalue weighted by Crippen LogP contribution is -2.25. The van der Waals surface area contributed by atoms with Crippen LogP contribution in [0, 0.1) is 0 Å². The molecule has 1 unspecified atom stereocenters. The fourth-order valence-corrected chi connectivity index (χ4v) is 2.01. The number of nitrogens with zero attached hydrogens (tertiary/aromatic N) is 1. The van der Waals surface area contributed by atoms with E-state index in [4.69, 9.17) is 0 Å². The summed E-state index contributed by atoms with van der Waals surface area (Å²) >= 11 is 0. The molecule has 1 atom stereocenters. The van der Waals surface area contributed by atoms with Crippen LogP contribution in [-0.2, 0) is 12.8 Å². The zero-order valence-corrected chi connectivity index (χ0v) is 9.97. The first kappa shape index (κ1) is 11.2. The Balaban J connectivity index is 2.28. The minimum absolute atomic E-state index is 0.0375. The van der Waals surface area contributed by atoms with Crippen molar-refractivity contribution in [1.82, 2.24) is 9.97 Å². The molecule has 0 saturated carbocycles. The van der Waals surface area contributed by atoms with Crippen molar-refractivity contribution < 1.29 is 0 Å². The van der Waals surface area contributed by atoms with E-state index in [0.29, 0.717) is 12.0 Å². The molecule has 1 aliphatic rings. The Morgan fingerprint density at radius 1 is 1.44 bits per heavy atom. The van der Waals surface area contributed by atoms with Gasteiger partial charge in [0.2, 0.25) is 5.95 Å². The summed E-state index contributed by atoms with van der Waals surface area (Å²) in [6.45, 7) is 4.19. The highest BCUT2D eigenvalue weighted by molar-refractivity contribution is 5.31. The van der Waals surface area contributed by atoms with E-state index < -0.39 is 0 Å². The summed E-state index contributed by atoms with van der Waals surface area (Å²) in [5.41, 5.74) is 1.91. The topological polar surface area (TPSA) is 57.8 Å². The molecular formula is C12H19N3O. The summed E-state index contributed by atoms with van der Waals surface area (Å²) in [5.74, 6) is 0.625. The standard InChI is InChI=1S/C12H19N3O/c1-3-8(2)13-12-14-10-7-5-4-6-9(10)11(16)15-12/h8H,3-7H2,1-2H3,(H2,13,14,15,16). The minimum atomic E-state index is 0.0375. The van der Waals surface area contributed by atoms with Gasteiger partial charge >= 0.3 is 0 Å². The van der Waals surface area contributed by atoms with E-state index in [1.165, 1.54) is 0 Å². The molecular weight excluding hydrogens is 202 g/mol. The van der Waals surface area contributed by atoms with Gasteiger partial charge in [0.25, 0.3) is 5.56 Å². The van der Waals surface area contributed by atoms with Crippen LogP contribution in [0.15, 0.2) is 4.79 Å². The molecule has 4 nitrogen and oxygen atoms in total. The predicted molar refractivity (Wildman–Crippen MR) is 64.9 cm³/mol. The number of nitrogens with one attached hydrogen (secondary N) is 2. The molecule has 2 rings (SSSR count). The summed E-state index contributed by atoms with van der Waals surface area (Å²) in [5, 5.41) is 3.22. The summed E-state index contributed by atoms with van der Waals surface area (Å²) < 4.78 is 0. The van der Waals surface area contributed by atoms with Crippen LogP contribution in [-0.4, -0.2) is 16.0 Å². The molecule has 0 saturated heterocycles. The summed E-state index contributed by atoms with van der Waals surface area (Å²) in [6, 6.07) is 0.338. The summed E-state index contributed by atoms with van der Waals surface area (Å²) in [4.78, 5) is 19.1. The first-order chi connectivity index (χ1) is 7.70. The van der Waals surface area contributed by atoms with Crippen LogP contribution >= 0.6 is 0 Å². The zero-order chi connectivity index (χ0) is 11.5. The number of fused-ring (bicyclic) bond motifs is 1. The van der Waals surface area contributed by atoms with Gasteiger partial charge in [-0.05, 0) is 39.0 Å². The van der Waals surface area contributed by atoms with Gasteiger partial charge in [0.1, 0.15) is 0 Å². The smallest absolute Gasteiger partial charge is 0.255 e. The fraction of sp³-hybridized carbons (Fsp3) is 0.667. The molecule has 0 amide bonds. The van der Waals surface area contributed by atoms with E-state index in [2.05, 4.69) is 29.1 Å². The van der Waals surface area contributed by atoms with Crippen molar-refractivity contribution in [1.29, 1.82) is 0 Å². The molecule has 0 bridgehead atoms. The van der Waals surface area contributed by atoms with E-state index in [9.17, 15) is 4.79 Å². The van der Waals surface area contributed by atoms with Crippen molar-refractivity contribution in [2.45, 2.75) is 52.0 Å². The van der Waals surface area contributed by atoms with E-state index in [1.807, 2.05) is 0 Å². The number of aromatic nitrogens is 2. The second kappa shape index (κ2) is 4.68. The molecule has 0 aromatic carbocycles. The third-order valence-corrected chi connectivity index (χ3v) is 3.19. The SMILES string of the molecule is CCC(C)Nc1nc2c(c(=O)[nH]1)CCCC2. The Labute approximate surface area is 95.5 Å². The largest absolute Gasteiger partial charge is 0.353 e. The second-order valence-electron chi connectivity index (χ2n) is 4.50. The number of H-pyrrole nitrogens is 1. The molecule has 4 heteroatoms. The maximum Gasteiger partial charge on any atom is 0.255 e. The third kappa shape index (κ3) is 2.26. The number of aryl methyl sites for hydroxylation is 1. The van der Waals surface area contributed by atoms with Crippen molar-refractivity contribution >= 4 is 5.95 Å². The molecule has 2 N–H and O–H groups in total. The molecule has 1 aromatic rings. The van der Waals surface area contributed by atoms with Gasteiger partial charge in [-0.25, -0.2) is 4.98 Å². The highest BCUT2D eigenvalue weighted by Gasteiger charge is 2.15. The summed E-state index contributed by atoms with van der Waals surface area (Å²) in [7, 11) is 0. The van der Waals surface area contributed by atoms with E-state index in [0.717, 1.165) is 43.4 Å². The van der Waals surface area contributed by atoms with Crippen LogP contribution in [0.5, 0.6) is 0 Å². The van der Waals surface area contributed by atoms with E-state index in [1.54, 1.807) is 0 Å². The lowest BCUT2D eigenvalue weighted by atomic mass is 9.97. The van der Waals surface area contributed by atoms with E-state index >= 15 is 0 Å². The maximum atomic E-state index is 11.8. The predicted octanol–water partition coefficient (Wildman–Crippen LogP) is 1.86. The number of rotatable bonds is 3. The van der Waals surface area contributed by atoms with Crippen LogP contribution in [0.2, 0.25) is 0 Å². The first-order valence-electron chi connectivity index (χ1n) is 6.09. The van der Waals surface area contributed by atoms with Crippen molar-refractivity contribution in [3.63, 3.8) is 0 Å². The molecule has 1 heterocycles. The van der Waals surface area contributed by atoms with Gasteiger partial charge in [-0.15, -0.1) is 0 Å². The van der Waals surface area contributed by atoms with Gasteiger partial charge in [-0.1, -0.05) is 6.92 Å². The zero-order valence-electron chi connectivity index (χ0n) is 9.97. The van der Waals surface area contributed by atoms with Crippen LogP contribution in [0.25, 0.3) is 0 Å². The highest BCUT2D eigenvalue weighted by Crippen LogP contribution is 2.16. The number of anilines is 1. The Bertz CT molecular complexity index is 425. The van der Waals surface area contributed by atoms with Gasteiger partial charge < -0.3 is 5.32 Å². The monoisotopic (exact) mass is 221 g/mol. The molecule has 0 fully saturated rings. The lowest BCUT2D eigenvalue weighted by molar-refractivity contribution is 0.653. The Hall–Kier alpha value is -1.32. The van der Waals surface area contributed by atoms with Gasteiger partial charge in [0.05, 0.1) is 5.69 Å². The number of hydrogen-bond donors (Lipinski definition) is 2. The van der Waals surface area contributed by atoms with Crippen molar-refractivity contribution in [3.05, 3.63) is 21.6 Å². The number of hydrogen-bond acceptors (Lipinski definition) is 3. The maximum absolute atomic E-state index is 11.8. The van der Waals surface area contributed by atoms with Crippen molar-refractivity contribution in [2.24, 2.45) is 0 Å². The molecule has 1 aliphatic carbocycles. The third-order valence-electron chi connectivity index (χ3n) is 3.19. The Morgan fingerprint density at radius 3 is 2.94 bits per heavy atom. The van der Waals surface area contributed by atoms with Crippen LogP contribution < -0.4 is 10.9 Å². The van der Waals surface area contributed by atoms with Gasteiger partial charge in [-0.3, -0.25) is 9.78 Å². The van der Waals surface area contributed by atoms with Crippen molar-refractivity contribution in [2.75, 3.05) is 5.32 Å². The Kier molecular flexibility index (Phi) is 3.27. The summed E-state index contributed by atoms with van der Waals surface area (Å²) in [6.07, 6.45) is 5.08.